The highest BCUT2D eigenvalue weighted by Gasteiger charge is 2.29. The number of halogens is 1. The summed E-state index contributed by atoms with van der Waals surface area (Å²) in [6, 6.07) is 5.65. The minimum absolute atomic E-state index is 0.00856. The van der Waals surface area contributed by atoms with Crippen molar-refractivity contribution in [3.63, 3.8) is 0 Å². The minimum atomic E-state index is -3.93. The van der Waals surface area contributed by atoms with Crippen molar-refractivity contribution in [2.45, 2.75) is 18.4 Å². The fraction of sp³-hybridized carbons (Fsp3) is 0.250. The van der Waals surface area contributed by atoms with Gasteiger partial charge in [0.25, 0.3) is 10.0 Å². The molecule has 1 aromatic carbocycles. The molecule has 0 bridgehead atoms. The first-order valence-corrected chi connectivity index (χ1v) is 7.31. The lowest BCUT2D eigenvalue weighted by Gasteiger charge is -2.20. The highest BCUT2D eigenvalue weighted by Crippen LogP contribution is 2.27. The number of para-hydroxylation sites is 1. The van der Waals surface area contributed by atoms with Gasteiger partial charge < -0.3 is 5.73 Å². The van der Waals surface area contributed by atoms with E-state index in [0.29, 0.717) is 5.69 Å². The molecule has 0 aliphatic heterocycles. The van der Waals surface area contributed by atoms with Gasteiger partial charge >= 0.3 is 0 Å². The van der Waals surface area contributed by atoms with Crippen molar-refractivity contribution in [2.24, 2.45) is 5.73 Å². The summed E-state index contributed by atoms with van der Waals surface area (Å²) in [5, 5.41) is 6.44. The molecular weight excluding hydrogens is 283 g/mol. The van der Waals surface area contributed by atoms with Crippen LogP contribution in [0.25, 0.3) is 0 Å². The summed E-state index contributed by atoms with van der Waals surface area (Å²) in [4.78, 5) is -0.00856. The standard InChI is InChI=1S/C12H15FN4O2S/c1-8-12(10(7-14)16-15-8)20(18,19)17(2)11-6-4-3-5-9(11)13/h3-6H,7,14H2,1-2H3,(H,15,16). The predicted molar refractivity (Wildman–Crippen MR) is 73.2 cm³/mol. The second kappa shape index (κ2) is 5.22. The number of nitrogens with two attached hydrogens (primary N) is 1. The molecule has 0 fully saturated rings. The number of nitrogens with one attached hydrogen (secondary N) is 1. The van der Waals surface area contributed by atoms with E-state index in [2.05, 4.69) is 10.2 Å². The van der Waals surface area contributed by atoms with Crippen LogP contribution in [-0.4, -0.2) is 25.7 Å². The van der Waals surface area contributed by atoms with E-state index in [4.69, 9.17) is 5.73 Å². The number of benzene rings is 1. The fourth-order valence-electron chi connectivity index (χ4n) is 1.92. The average molecular weight is 298 g/mol. The van der Waals surface area contributed by atoms with Crippen LogP contribution in [0.5, 0.6) is 0 Å². The predicted octanol–water partition coefficient (Wildman–Crippen LogP) is 1.14. The van der Waals surface area contributed by atoms with Gasteiger partial charge in [0.05, 0.1) is 17.1 Å². The maximum Gasteiger partial charge on any atom is 0.267 e. The summed E-state index contributed by atoms with van der Waals surface area (Å²) in [5.41, 5.74) is 6.06. The molecule has 0 aliphatic rings. The van der Waals surface area contributed by atoms with Crippen LogP contribution in [0.4, 0.5) is 10.1 Å². The van der Waals surface area contributed by atoms with Crippen LogP contribution in [-0.2, 0) is 16.6 Å². The van der Waals surface area contributed by atoms with Crippen molar-refractivity contribution in [3.05, 3.63) is 41.5 Å². The number of sulfonamides is 1. The zero-order valence-electron chi connectivity index (χ0n) is 11.1. The molecule has 20 heavy (non-hydrogen) atoms. The van der Waals surface area contributed by atoms with E-state index in [9.17, 15) is 12.8 Å². The number of anilines is 1. The van der Waals surface area contributed by atoms with E-state index >= 15 is 0 Å². The topological polar surface area (TPSA) is 92.1 Å². The average Bonchev–Trinajstić information content (AvgIpc) is 2.80. The highest BCUT2D eigenvalue weighted by atomic mass is 32.2. The van der Waals surface area contributed by atoms with Crippen molar-refractivity contribution >= 4 is 15.7 Å². The van der Waals surface area contributed by atoms with Gasteiger partial charge in [0.1, 0.15) is 10.7 Å². The molecule has 2 rings (SSSR count). The Morgan fingerprint density at radius 3 is 2.65 bits per heavy atom. The Labute approximate surface area is 116 Å². The van der Waals surface area contributed by atoms with Crippen LogP contribution in [0.15, 0.2) is 29.2 Å². The molecule has 0 spiro atoms. The number of nitrogens with zero attached hydrogens (tertiary/aromatic N) is 2. The first-order valence-electron chi connectivity index (χ1n) is 5.87. The fourth-order valence-corrected chi connectivity index (χ4v) is 3.46. The molecule has 0 saturated carbocycles. The van der Waals surface area contributed by atoms with Gasteiger partial charge in [-0.2, -0.15) is 5.10 Å². The van der Waals surface area contributed by atoms with Gasteiger partial charge in [0.2, 0.25) is 0 Å². The number of hydrogen-bond acceptors (Lipinski definition) is 4. The summed E-state index contributed by atoms with van der Waals surface area (Å²) in [6.07, 6.45) is 0. The Kier molecular flexibility index (Phi) is 3.78. The van der Waals surface area contributed by atoms with Crippen molar-refractivity contribution in [3.8, 4) is 0 Å². The number of hydrogen-bond donors (Lipinski definition) is 2. The quantitative estimate of drug-likeness (QED) is 0.885. The number of rotatable bonds is 4. The van der Waals surface area contributed by atoms with Gasteiger partial charge in [-0.05, 0) is 19.1 Å². The van der Waals surface area contributed by atoms with E-state index in [1.54, 1.807) is 13.0 Å². The van der Waals surface area contributed by atoms with E-state index in [1.807, 2.05) is 0 Å². The molecule has 1 heterocycles. The van der Waals surface area contributed by atoms with Crippen molar-refractivity contribution in [2.75, 3.05) is 11.4 Å². The molecule has 1 aromatic heterocycles. The third-order valence-corrected chi connectivity index (χ3v) is 4.94. The van der Waals surface area contributed by atoms with E-state index in [1.165, 1.54) is 25.2 Å². The smallest absolute Gasteiger partial charge is 0.267 e. The summed E-state index contributed by atoms with van der Waals surface area (Å²) < 4.78 is 39.8. The van der Waals surface area contributed by atoms with Gasteiger partial charge in [-0.25, -0.2) is 12.8 Å². The van der Waals surface area contributed by atoms with Crippen LogP contribution in [0.1, 0.15) is 11.4 Å². The van der Waals surface area contributed by atoms with Gasteiger partial charge in [-0.1, -0.05) is 12.1 Å². The first-order chi connectivity index (χ1) is 9.39. The van der Waals surface area contributed by atoms with Gasteiger partial charge in [-0.15, -0.1) is 0 Å². The van der Waals surface area contributed by atoms with Crippen LogP contribution >= 0.6 is 0 Å². The largest absolute Gasteiger partial charge is 0.325 e. The highest BCUT2D eigenvalue weighted by molar-refractivity contribution is 7.92. The molecule has 2 aromatic rings. The SMILES string of the molecule is Cc1[nH]nc(CN)c1S(=O)(=O)N(C)c1ccccc1F. The van der Waals surface area contributed by atoms with Crippen LogP contribution < -0.4 is 10.0 Å². The number of aromatic amines is 1. The van der Waals surface area contributed by atoms with E-state index in [-0.39, 0.29) is 22.8 Å². The Hall–Kier alpha value is -1.93. The second-order valence-electron chi connectivity index (χ2n) is 4.25. The Morgan fingerprint density at radius 2 is 2.05 bits per heavy atom. The Bertz CT molecular complexity index is 727. The molecule has 0 amide bonds. The number of aromatic nitrogens is 2. The molecular formula is C12H15FN4O2S. The summed E-state index contributed by atoms with van der Waals surface area (Å²) in [5.74, 6) is -0.617. The summed E-state index contributed by atoms with van der Waals surface area (Å²) in [6.45, 7) is 1.55. The lowest BCUT2D eigenvalue weighted by Crippen LogP contribution is -2.28. The zero-order chi connectivity index (χ0) is 14.9. The molecule has 108 valence electrons. The Balaban J connectivity index is 2.56. The van der Waals surface area contributed by atoms with Crippen LogP contribution in [0.3, 0.4) is 0 Å². The molecule has 3 N–H and O–H groups in total. The third kappa shape index (κ3) is 2.27. The number of H-pyrrole nitrogens is 1. The zero-order valence-corrected chi connectivity index (χ0v) is 11.9. The van der Waals surface area contributed by atoms with E-state index < -0.39 is 15.8 Å². The molecule has 0 atom stereocenters. The molecule has 0 saturated heterocycles. The van der Waals surface area contributed by atoms with Crippen molar-refractivity contribution in [1.29, 1.82) is 0 Å². The third-order valence-electron chi connectivity index (χ3n) is 2.96. The summed E-state index contributed by atoms with van der Waals surface area (Å²) >= 11 is 0. The van der Waals surface area contributed by atoms with Crippen molar-refractivity contribution < 1.29 is 12.8 Å². The van der Waals surface area contributed by atoms with Crippen LogP contribution in [0.2, 0.25) is 0 Å². The molecule has 0 radical (unpaired) electrons. The second-order valence-corrected chi connectivity index (χ2v) is 6.16. The molecule has 8 heteroatoms. The minimum Gasteiger partial charge on any atom is -0.325 e. The van der Waals surface area contributed by atoms with Gasteiger partial charge in [0, 0.05) is 13.6 Å². The summed E-state index contributed by atoms with van der Waals surface area (Å²) in [7, 11) is -2.63. The Morgan fingerprint density at radius 1 is 1.40 bits per heavy atom. The molecule has 6 nitrogen and oxygen atoms in total. The monoisotopic (exact) mass is 298 g/mol. The van der Waals surface area contributed by atoms with E-state index in [0.717, 1.165) is 4.31 Å². The molecule has 0 unspecified atom stereocenters. The lowest BCUT2D eigenvalue weighted by atomic mass is 10.3. The maximum absolute atomic E-state index is 13.7. The van der Waals surface area contributed by atoms with Crippen molar-refractivity contribution in [1.82, 2.24) is 10.2 Å². The van der Waals surface area contributed by atoms with Crippen LogP contribution in [0, 0.1) is 12.7 Å². The number of aryl methyl sites for hydroxylation is 1. The van der Waals surface area contributed by atoms with Gasteiger partial charge in [-0.3, -0.25) is 9.40 Å². The van der Waals surface area contributed by atoms with Gasteiger partial charge in [0.15, 0.2) is 0 Å². The maximum atomic E-state index is 13.7. The first kappa shape index (κ1) is 14.5. The lowest BCUT2D eigenvalue weighted by molar-refractivity contribution is 0.588. The normalized spacial score (nSPS) is 11.6. The molecule has 0 aliphatic carbocycles.